The average molecular weight is 234 g/mol. The lowest BCUT2D eigenvalue weighted by Gasteiger charge is -2.07. The quantitative estimate of drug-likeness (QED) is 0.626. The molecule has 2 heterocycles. The van der Waals surface area contributed by atoms with E-state index in [0.717, 1.165) is 0 Å². The molecule has 0 spiro atoms. The van der Waals surface area contributed by atoms with E-state index >= 15 is 0 Å². The first kappa shape index (κ1) is 11.0. The third kappa shape index (κ3) is 1.92. The van der Waals surface area contributed by atoms with Gasteiger partial charge in [-0.2, -0.15) is 4.98 Å². The minimum Gasteiger partial charge on any atom is -0.357 e. The van der Waals surface area contributed by atoms with Gasteiger partial charge in [0.25, 0.3) is 0 Å². The van der Waals surface area contributed by atoms with Crippen LogP contribution in [0.5, 0.6) is 0 Å². The molecule has 0 radical (unpaired) electrons. The van der Waals surface area contributed by atoms with Crippen LogP contribution in [0.15, 0.2) is 18.7 Å². The highest BCUT2D eigenvalue weighted by Crippen LogP contribution is 2.24. The van der Waals surface area contributed by atoms with Crippen molar-refractivity contribution >= 4 is 11.6 Å². The fraction of sp³-hybridized carbons (Fsp3) is 0.222. The number of nitrogens with one attached hydrogen (secondary N) is 1. The molecule has 0 aliphatic heterocycles. The molecule has 1 N–H and O–H groups in total. The summed E-state index contributed by atoms with van der Waals surface area (Å²) in [6.07, 6.45) is 4.57. The van der Waals surface area contributed by atoms with Gasteiger partial charge in [0.15, 0.2) is 0 Å². The molecule has 8 heteroatoms. The van der Waals surface area contributed by atoms with Crippen LogP contribution in [0, 0.1) is 17.0 Å². The molecule has 0 aliphatic carbocycles. The molecule has 0 unspecified atom stereocenters. The van der Waals surface area contributed by atoms with E-state index in [4.69, 9.17) is 0 Å². The summed E-state index contributed by atoms with van der Waals surface area (Å²) in [4.78, 5) is 22.4. The maximum atomic E-state index is 11.0. The van der Waals surface area contributed by atoms with Crippen LogP contribution in [0.1, 0.15) is 5.69 Å². The number of hydrogen-bond acceptors (Lipinski definition) is 6. The third-order valence-corrected chi connectivity index (χ3v) is 2.20. The molecule has 0 atom stereocenters. The SMILES string of the molecule is CNc1nc(C)c([N+](=O)[O-])c(-n2ccnc2)n1. The molecule has 2 aromatic rings. The maximum absolute atomic E-state index is 11.0. The van der Waals surface area contributed by atoms with E-state index in [1.54, 1.807) is 20.2 Å². The van der Waals surface area contributed by atoms with E-state index in [-0.39, 0.29) is 11.5 Å². The number of anilines is 1. The summed E-state index contributed by atoms with van der Waals surface area (Å²) in [5.41, 5.74) is 0.181. The number of aromatic nitrogens is 4. The standard InChI is InChI=1S/C9H10N6O2/c1-6-7(15(16)17)8(13-9(10-2)12-6)14-4-3-11-5-14/h3-5H,1-2H3,(H,10,12,13). The summed E-state index contributed by atoms with van der Waals surface area (Å²) in [5, 5.41) is 13.8. The molecule has 8 nitrogen and oxygen atoms in total. The predicted octanol–water partition coefficient (Wildman–Crippen LogP) is 0.921. The summed E-state index contributed by atoms with van der Waals surface area (Å²) >= 11 is 0. The van der Waals surface area contributed by atoms with Gasteiger partial charge in [-0.15, -0.1) is 0 Å². The van der Waals surface area contributed by atoms with Gasteiger partial charge in [0, 0.05) is 19.4 Å². The van der Waals surface area contributed by atoms with Crippen LogP contribution in [0.25, 0.3) is 5.82 Å². The summed E-state index contributed by atoms with van der Waals surface area (Å²) in [5.74, 6) is 0.529. The minimum atomic E-state index is -0.496. The number of hydrogen-bond donors (Lipinski definition) is 1. The number of rotatable bonds is 3. The smallest absolute Gasteiger partial charge is 0.333 e. The van der Waals surface area contributed by atoms with E-state index in [1.807, 2.05) is 0 Å². The Hall–Kier alpha value is -2.51. The Kier molecular flexibility index (Phi) is 2.69. The molecule has 88 valence electrons. The second-order valence-corrected chi connectivity index (χ2v) is 3.28. The van der Waals surface area contributed by atoms with E-state index < -0.39 is 4.92 Å². The summed E-state index contributed by atoms with van der Waals surface area (Å²) in [6.45, 7) is 1.57. The van der Waals surface area contributed by atoms with Crippen LogP contribution >= 0.6 is 0 Å². The van der Waals surface area contributed by atoms with Crippen LogP contribution in [-0.2, 0) is 0 Å². The first-order valence-corrected chi connectivity index (χ1v) is 4.82. The first-order valence-electron chi connectivity index (χ1n) is 4.82. The second-order valence-electron chi connectivity index (χ2n) is 3.28. The normalized spacial score (nSPS) is 10.2. The van der Waals surface area contributed by atoms with Gasteiger partial charge in [0.1, 0.15) is 12.0 Å². The van der Waals surface area contributed by atoms with Crippen LogP contribution in [-0.4, -0.2) is 31.5 Å². The molecule has 0 amide bonds. The Bertz CT molecular complexity index is 551. The molecule has 0 aliphatic rings. The zero-order valence-corrected chi connectivity index (χ0v) is 9.28. The van der Waals surface area contributed by atoms with Crippen molar-refractivity contribution in [3.05, 3.63) is 34.5 Å². The second kappa shape index (κ2) is 4.16. The van der Waals surface area contributed by atoms with Gasteiger partial charge in [0.2, 0.25) is 11.8 Å². The fourth-order valence-corrected chi connectivity index (χ4v) is 1.44. The lowest BCUT2D eigenvalue weighted by molar-refractivity contribution is -0.385. The Balaban J connectivity index is 2.70. The molecular formula is C9H10N6O2. The van der Waals surface area contributed by atoms with Crippen molar-refractivity contribution in [3.8, 4) is 5.82 Å². The van der Waals surface area contributed by atoms with Crippen molar-refractivity contribution in [3.63, 3.8) is 0 Å². The van der Waals surface area contributed by atoms with E-state index in [0.29, 0.717) is 11.6 Å². The molecule has 2 rings (SSSR count). The minimum absolute atomic E-state index is 0.123. The lowest BCUT2D eigenvalue weighted by Crippen LogP contribution is -2.08. The zero-order chi connectivity index (χ0) is 12.4. The van der Waals surface area contributed by atoms with Gasteiger partial charge in [-0.05, 0) is 6.92 Å². The largest absolute Gasteiger partial charge is 0.357 e. The fourth-order valence-electron chi connectivity index (χ4n) is 1.44. The summed E-state index contributed by atoms with van der Waals surface area (Å²) < 4.78 is 1.48. The van der Waals surface area contributed by atoms with Crippen molar-refractivity contribution in [1.82, 2.24) is 19.5 Å². The first-order chi connectivity index (χ1) is 8.13. The highest BCUT2D eigenvalue weighted by Gasteiger charge is 2.22. The van der Waals surface area contributed by atoms with Gasteiger partial charge in [-0.25, -0.2) is 9.97 Å². The van der Waals surface area contributed by atoms with Crippen LogP contribution in [0.3, 0.4) is 0 Å². The highest BCUT2D eigenvalue weighted by molar-refractivity contribution is 5.53. The monoisotopic (exact) mass is 234 g/mol. The number of imidazole rings is 1. The van der Waals surface area contributed by atoms with Crippen molar-refractivity contribution in [2.45, 2.75) is 6.92 Å². The average Bonchev–Trinajstić information content (AvgIpc) is 2.80. The van der Waals surface area contributed by atoms with Gasteiger partial charge in [-0.1, -0.05) is 0 Å². The van der Waals surface area contributed by atoms with Gasteiger partial charge < -0.3 is 5.32 Å². The molecule has 0 fully saturated rings. The Morgan fingerprint density at radius 2 is 2.24 bits per heavy atom. The van der Waals surface area contributed by atoms with Crippen molar-refractivity contribution in [2.75, 3.05) is 12.4 Å². The molecule has 0 saturated heterocycles. The van der Waals surface area contributed by atoms with Crippen LogP contribution in [0.2, 0.25) is 0 Å². The van der Waals surface area contributed by atoms with E-state index in [2.05, 4.69) is 20.3 Å². The van der Waals surface area contributed by atoms with Crippen molar-refractivity contribution in [1.29, 1.82) is 0 Å². The Labute approximate surface area is 96.5 Å². The zero-order valence-electron chi connectivity index (χ0n) is 9.28. The van der Waals surface area contributed by atoms with Crippen LogP contribution < -0.4 is 5.32 Å². The molecule has 0 saturated carbocycles. The van der Waals surface area contributed by atoms with Gasteiger partial charge >= 0.3 is 5.69 Å². The Morgan fingerprint density at radius 1 is 1.47 bits per heavy atom. The highest BCUT2D eigenvalue weighted by atomic mass is 16.6. The number of nitro groups is 1. The third-order valence-electron chi connectivity index (χ3n) is 2.20. The van der Waals surface area contributed by atoms with Crippen molar-refractivity contribution in [2.24, 2.45) is 0 Å². The summed E-state index contributed by atoms with van der Waals surface area (Å²) in [6, 6.07) is 0. The Morgan fingerprint density at radius 3 is 2.76 bits per heavy atom. The van der Waals surface area contributed by atoms with Crippen LogP contribution in [0.4, 0.5) is 11.6 Å². The molecule has 17 heavy (non-hydrogen) atoms. The molecule has 0 bridgehead atoms. The van der Waals surface area contributed by atoms with Gasteiger partial charge in [-0.3, -0.25) is 14.7 Å². The number of aryl methyl sites for hydroxylation is 1. The number of nitrogens with zero attached hydrogens (tertiary/aromatic N) is 5. The topological polar surface area (TPSA) is 98.8 Å². The van der Waals surface area contributed by atoms with E-state index in [9.17, 15) is 10.1 Å². The summed E-state index contributed by atoms with van der Waals surface area (Å²) in [7, 11) is 1.65. The lowest BCUT2D eigenvalue weighted by atomic mass is 10.3. The van der Waals surface area contributed by atoms with Gasteiger partial charge in [0.05, 0.1) is 4.92 Å². The van der Waals surface area contributed by atoms with E-state index in [1.165, 1.54) is 17.1 Å². The molecule has 2 aromatic heterocycles. The van der Waals surface area contributed by atoms with Crippen molar-refractivity contribution < 1.29 is 4.92 Å². The molecule has 0 aromatic carbocycles. The maximum Gasteiger partial charge on any atom is 0.333 e. The molecular weight excluding hydrogens is 224 g/mol. The predicted molar refractivity (Wildman–Crippen MR) is 60.1 cm³/mol.